The molecule has 2 rings (SSSR count). The third-order valence-electron chi connectivity index (χ3n) is 2.95. The number of H-pyrrole nitrogens is 1. The molecule has 114 valence electrons. The van der Waals surface area contributed by atoms with Crippen LogP contribution in [0.1, 0.15) is 0 Å². The lowest BCUT2D eigenvalue weighted by Crippen LogP contribution is -2.53. The van der Waals surface area contributed by atoms with Crippen LogP contribution in [-0.2, 0) is 20.4 Å². The van der Waals surface area contributed by atoms with E-state index in [0.717, 1.165) is 12.3 Å². The van der Waals surface area contributed by atoms with Crippen LogP contribution < -0.4 is 11.2 Å². The van der Waals surface area contributed by atoms with Crippen molar-refractivity contribution >= 4 is 0 Å². The van der Waals surface area contributed by atoms with Gasteiger partial charge in [0, 0.05) is 12.3 Å². The zero-order valence-electron chi connectivity index (χ0n) is 10.5. The van der Waals surface area contributed by atoms with E-state index in [1.165, 1.54) is 0 Å². The van der Waals surface area contributed by atoms with Gasteiger partial charge in [0.15, 0.2) is 12.2 Å². The highest BCUT2D eigenvalue weighted by molar-refractivity contribution is 4.97. The second-order valence-electron chi connectivity index (χ2n) is 4.17. The molecule has 0 bridgehead atoms. The van der Waals surface area contributed by atoms with Gasteiger partial charge in [-0.05, 0) is 0 Å². The molecule has 4 N–H and O–H groups in total. The summed E-state index contributed by atoms with van der Waals surface area (Å²) < 4.78 is 5.81. The lowest BCUT2D eigenvalue weighted by Gasteiger charge is -2.29. The molecular weight excluding hydrogens is 288 g/mol. The fourth-order valence-corrected chi connectivity index (χ4v) is 1.98. The number of hydrogen-bond donors (Lipinski definition) is 4. The van der Waals surface area contributed by atoms with Crippen molar-refractivity contribution in [2.45, 2.75) is 24.2 Å². The Morgan fingerprint density at radius 2 is 2.24 bits per heavy atom. The third-order valence-corrected chi connectivity index (χ3v) is 2.95. The van der Waals surface area contributed by atoms with E-state index < -0.39 is 42.1 Å². The summed E-state index contributed by atoms with van der Waals surface area (Å²) >= 11 is 0. The van der Waals surface area contributed by atoms with Crippen LogP contribution in [0.2, 0.25) is 0 Å². The summed E-state index contributed by atoms with van der Waals surface area (Å²) in [5, 5.41) is 29.0. The van der Waals surface area contributed by atoms with Crippen LogP contribution in [0.5, 0.6) is 0 Å². The van der Waals surface area contributed by atoms with Crippen molar-refractivity contribution in [1.82, 2.24) is 9.55 Å². The first-order valence-corrected chi connectivity index (χ1v) is 5.74. The van der Waals surface area contributed by atoms with Crippen molar-refractivity contribution in [2.75, 3.05) is 6.61 Å². The van der Waals surface area contributed by atoms with Crippen molar-refractivity contribution in [2.24, 2.45) is 0 Å². The number of nitrogens with one attached hydrogen (secondary N) is 1. The van der Waals surface area contributed by atoms with E-state index in [1.54, 1.807) is 6.11 Å². The summed E-state index contributed by atoms with van der Waals surface area (Å²) in [6.07, 6.45) is 2.78. The maximum Gasteiger partial charge on any atom is 0.332 e. The monoisotopic (exact) mass is 300 g/mol. The molecule has 21 heavy (non-hydrogen) atoms. The highest BCUT2D eigenvalue weighted by atomic mass is 17.2. The van der Waals surface area contributed by atoms with Gasteiger partial charge < -0.3 is 20.1 Å². The van der Waals surface area contributed by atoms with E-state index in [0.29, 0.717) is 4.57 Å². The number of ether oxygens (including phenoxy) is 1. The van der Waals surface area contributed by atoms with Gasteiger partial charge in [-0.3, -0.25) is 14.7 Å². The zero-order chi connectivity index (χ0) is 15.6. The number of nitrogens with zero attached hydrogens (tertiary/aromatic N) is 1. The van der Waals surface area contributed by atoms with Crippen LogP contribution in [0, 0.1) is 12.5 Å². The van der Waals surface area contributed by atoms with Gasteiger partial charge in [-0.25, -0.2) is 9.36 Å². The average Bonchev–Trinajstić information content (AvgIpc) is 2.70. The summed E-state index contributed by atoms with van der Waals surface area (Å²) in [6, 6.07) is 0.955. The number of aromatic amines is 1. The van der Waals surface area contributed by atoms with E-state index in [1.807, 2.05) is 4.98 Å². The topological polar surface area (TPSA) is 143 Å². The largest absolute Gasteiger partial charge is 0.394 e. The van der Waals surface area contributed by atoms with E-state index in [4.69, 9.17) is 21.2 Å². The van der Waals surface area contributed by atoms with Crippen LogP contribution >= 0.6 is 0 Å². The molecule has 10 heteroatoms. The molecule has 4 atom stereocenters. The van der Waals surface area contributed by atoms with Crippen LogP contribution in [-0.4, -0.2) is 49.8 Å². The SMILES string of the molecule is C#COO[C@@]1(n2ccc(=O)[nH]c2=O)O[C@H](CO)[C@@H](O)[C@H]1O. The van der Waals surface area contributed by atoms with Crippen LogP contribution in [0.25, 0.3) is 0 Å². The molecular formula is C11H12N2O8. The fourth-order valence-electron chi connectivity index (χ4n) is 1.98. The molecule has 0 saturated carbocycles. The van der Waals surface area contributed by atoms with Crippen molar-refractivity contribution in [3.8, 4) is 12.5 Å². The predicted molar refractivity (Wildman–Crippen MR) is 64.3 cm³/mol. The van der Waals surface area contributed by atoms with Gasteiger partial charge in [0.25, 0.3) is 5.56 Å². The second kappa shape index (κ2) is 5.68. The van der Waals surface area contributed by atoms with Gasteiger partial charge in [0.05, 0.1) is 6.61 Å². The van der Waals surface area contributed by atoms with Gasteiger partial charge in [-0.15, -0.1) is 4.89 Å². The summed E-state index contributed by atoms with van der Waals surface area (Å²) in [5.41, 5.74) is -1.70. The smallest absolute Gasteiger partial charge is 0.332 e. The summed E-state index contributed by atoms with van der Waals surface area (Å²) in [4.78, 5) is 33.8. The molecule has 2 heterocycles. The average molecular weight is 300 g/mol. The molecule has 0 aromatic carbocycles. The van der Waals surface area contributed by atoms with Gasteiger partial charge in [0.1, 0.15) is 12.2 Å². The first kappa shape index (κ1) is 15.2. The minimum Gasteiger partial charge on any atom is -0.394 e. The first-order valence-electron chi connectivity index (χ1n) is 5.74. The van der Waals surface area contributed by atoms with E-state index >= 15 is 0 Å². The molecule has 0 unspecified atom stereocenters. The van der Waals surface area contributed by atoms with E-state index in [9.17, 15) is 19.8 Å². The molecule has 1 aromatic heterocycles. The third kappa shape index (κ3) is 2.44. The Hall–Kier alpha value is -2.16. The molecule has 1 aromatic rings. The standard InChI is InChI=1S/C11H12N2O8/c1-2-19-21-11(9(17)8(16)6(5-14)20-11)13-4-3-7(15)12-10(13)18/h1,3-4,6,8-9,14,16-17H,5H2,(H,12,15,18)/t6-,8-,9-,11+/m1/s1. The lowest BCUT2D eigenvalue weighted by molar-refractivity contribution is -0.449. The maximum atomic E-state index is 11.8. The Morgan fingerprint density at radius 3 is 2.76 bits per heavy atom. The van der Waals surface area contributed by atoms with Gasteiger partial charge in [0.2, 0.25) is 0 Å². The Balaban J connectivity index is 2.55. The number of rotatable bonds is 4. The lowest BCUT2D eigenvalue weighted by atomic mass is 10.1. The molecule has 1 aliphatic heterocycles. The number of terminal acetylenes is 1. The number of aliphatic hydroxyl groups is 3. The molecule has 1 saturated heterocycles. The molecule has 0 amide bonds. The van der Waals surface area contributed by atoms with Crippen molar-refractivity contribution in [3.05, 3.63) is 33.1 Å². The minimum atomic E-state index is -2.36. The van der Waals surface area contributed by atoms with Crippen molar-refractivity contribution in [1.29, 1.82) is 0 Å². The van der Waals surface area contributed by atoms with Crippen molar-refractivity contribution < 1.29 is 29.8 Å². The molecule has 0 radical (unpaired) electrons. The number of aliphatic hydroxyl groups excluding tert-OH is 3. The van der Waals surface area contributed by atoms with Crippen molar-refractivity contribution in [3.63, 3.8) is 0 Å². The normalized spacial score (nSPS) is 31.8. The van der Waals surface area contributed by atoms with Gasteiger partial charge >= 0.3 is 11.6 Å². The predicted octanol–water partition coefficient (Wildman–Crippen LogP) is -3.20. The highest BCUT2D eigenvalue weighted by Gasteiger charge is 2.59. The van der Waals surface area contributed by atoms with E-state index in [-0.39, 0.29) is 0 Å². The first-order chi connectivity index (χ1) is 9.96. The van der Waals surface area contributed by atoms with Crippen LogP contribution in [0.15, 0.2) is 21.9 Å². The number of aromatic nitrogens is 2. The molecule has 1 fully saturated rings. The molecule has 0 aliphatic carbocycles. The molecule has 0 spiro atoms. The quantitative estimate of drug-likeness (QED) is 0.258. The second-order valence-corrected chi connectivity index (χ2v) is 4.17. The maximum absolute atomic E-state index is 11.8. The summed E-state index contributed by atoms with van der Waals surface area (Å²) in [5.74, 6) is -2.36. The Bertz CT molecular complexity index is 661. The number of hydrogen-bond acceptors (Lipinski definition) is 8. The van der Waals surface area contributed by atoms with Crippen LogP contribution in [0.3, 0.4) is 0 Å². The molecule has 10 nitrogen and oxygen atoms in total. The fraction of sp³-hybridized carbons (Fsp3) is 0.455. The van der Waals surface area contributed by atoms with Gasteiger partial charge in [-0.1, -0.05) is 6.42 Å². The Labute approximate surface area is 117 Å². The van der Waals surface area contributed by atoms with Crippen LogP contribution in [0.4, 0.5) is 0 Å². The minimum absolute atomic E-state index is 0.634. The Kier molecular flexibility index (Phi) is 4.12. The highest BCUT2D eigenvalue weighted by Crippen LogP contribution is 2.35. The van der Waals surface area contributed by atoms with E-state index in [2.05, 4.69) is 4.89 Å². The van der Waals surface area contributed by atoms with Gasteiger partial charge in [-0.2, -0.15) is 0 Å². The summed E-state index contributed by atoms with van der Waals surface area (Å²) in [7, 11) is 0. The zero-order valence-corrected chi connectivity index (χ0v) is 10.5. The molecule has 1 aliphatic rings. The Morgan fingerprint density at radius 1 is 1.52 bits per heavy atom. The summed E-state index contributed by atoms with van der Waals surface area (Å²) in [6.45, 7) is -0.669.